The maximum absolute atomic E-state index is 12.7. The summed E-state index contributed by atoms with van der Waals surface area (Å²) in [4.78, 5) is 19.2. The van der Waals surface area contributed by atoms with E-state index >= 15 is 0 Å². The number of carbonyl (C=O) groups is 1. The number of nitrogens with one attached hydrogen (secondary N) is 1. The predicted molar refractivity (Wildman–Crippen MR) is 95.1 cm³/mol. The first-order chi connectivity index (χ1) is 12.0. The molecule has 1 N–H and O–H groups in total. The van der Waals surface area contributed by atoms with Crippen LogP contribution in [0.5, 0.6) is 0 Å². The molecule has 2 aliphatic heterocycles. The first-order valence-corrected chi connectivity index (χ1v) is 9.04. The monoisotopic (exact) mass is 342 g/mol. The predicted octanol–water partition coefficient (Wildman–Crippen LogP) is 2.24. The standard InChI is InChI=1S/C19H26N4O2/c1-14-11-19(2,7-10-25-14)22-18(24)16-5-8-23(9-6-16)17-4-3-15(12-20)13-21-17/h3-4,13-14,16H,5-11H2,1-2H3,(H,22,24). The van der Waals surface area contributed by atoms with Gasteiger partial charge in [0.1, 0.15) is 11.9 Å². The summed E-state index contributed by atoms with van der Waals surface area (Å²) < 4.78 is 5.59. The molecule has 0 radical (unpaired) electrons. The lowest BCUT2D eigenvalue weighted by atomic mass is 9.87. The van der Waals surface area contributed by atoms with E-state index in [1.165, 1.54) is 0 Å². The maximum Gasteiger partial charge on any atom is 0.223 e. The number of nitriles is 1. The Morgan fingerprint density at radius 3 is 2.80 bits per heavy atom. The van der Waals surface area contributed by atoms with Crippen molar-refractivity contribution in [3.05, 3.63) is 23.9 Å². The van der Waals surface area contributed by atoms with Gasteiger partial charge in [0, 0.05) is 37.4 Å². The van der Waals surface area contributed by atoms with Crippen LogP contribution in [0.25, 0.3) is 0 Å². The first-order valence-electron chi connectivity index (χ1n) is 9.04. The van der Waals surface area contributed by atoms with Crippen LogP contribution in [-0.4, -0.2) is 42.2 Å². The van der Waals surface area contributed by atoms with Crippen molar-refractivity contribution in [2.75, 3.05) is 24.6 Å². The van der Waals surface area contributed by atoms with E-state index in [4.69, 9.17) is 10.00 Å². The van der Waals surface area contributed by atoms with E-state index in [-0.39, 0.29) is 23.5 Å². The number of carbonyl (C=O) groups excluding carboxylic acids is 1. The molecule has 3 rings (SSSR count). The molecule has 1 aromatic rings. The van der Waals surface area contributed by atoms with Gasteiger partial charge in [-0.2, -0.15) is 5.26 Å². The number of anilines is 1. The van der Waals surface area contributed by atoms with Crippen LogP contribution in [0.15, 0.2) is 18.3 Å². The molecule has 0 aromatic carbocycles. The zero-order valence-electron chi connectivity index (χ0n) is 15.0. The van der Waals surface area contributed by atoms with Crippen LogP contribution in [-0.2, 0) is 9.53 Å². The summed E-state index contributed by atoms with van der Waals surface area (Å²) in [6.45, 7) is 6.52. The molecule has 2 atom stereocenters. The van der Waals surface area contributed by atoms with Gasteiger partial charge >= 0.3 is 0 Å². The Kier molecular flexibility index (Phi) is 5.24. The Labute approximate surface area is 149 Å². The van der Waals surface area contributed by atoms with Gasteiger partial charge in [-0.3, -0.25) is 4.79 Å². The minimum absolute atomic E-state index is 0.0598. The highest BCUT2D eigenvalue weighted by Crippen LogP contribution is 2.27. The van der Waals surface area contributed by atoms with Crippen LogP contribution in [0.3, 0.4) is 0 Å². The zero-order chi connectivity index (χ0) is 17.9. The largest absolute Gasteiger partial charge is 0.378 e. The van der Waals surface area contributed by atoms with E-state index in [1.54, 1.807) is 12.3 Å². The van der Waals surface area contributed by atoms with Crippen LogP contribution in [0.4, 0.5) is 5.82 Å². The van der Waals surface area contributed by atoms with Gasteiger partial charge in [-0.1, -0.05) is 0 Å². The van der Waals surface area contributed by atoms with E-state index in [0.717, 1.165) is 44.6 Å². The van der Waals surface area contributed by atoms with E-state index < -0.39 is 0 Å². The topological polar surface area (TPSA) is 78.3 Å². The molecule has 0 spiro atoms. The Morgan fingerprint density at radius 2 is 2.20 bits per heavy atom. The van der Waals surface area contributed by atoms with E-state index in [9.17, 15) is 4.79 Å². The highest BCUT2D eigenvalue weighted by molar-refractivity contribution is 5.79. The van der Waals surface area contributed by atoms with Gasteiger partial charge in [0.15, 0.2) is 0 Å². The number of ether oxygens (including phenoxy) is 1. The minimum Gasteiger partial charge on any atom is -0.378 e. The SMILES string of the molecule is CC1CC(C)(NC(=O)C2CCN(c3ccc(C#N)cn3)CC2)CCO1. The van der Waals surface area contributed by atoms with Gasteiger partial charge in [0.25, 0.3) is 0 Å². The smallest absolute Gasteiger partial charge is 0.223 e. The average molecular weight is 342 g/mol. The summed E-state index contributed by atoms with van der Waals surface area (Å²) in [5, 5.41) is 12.1. The second kappa shape index (κ2) is 7.40. The van der Waals surface area contributed by atoms with E-state index in [0.29, 0.717) is 12.2 Å². The zero-order valence-corrected chi connectivity index (χ0v) is 15.0. The van der Waals surface area contributed by atoms with Gasteiger partial charge in [0.2, 0.25) is 5.91 Å². The number of pyridine rings is 1. The molecule has 2 unspecified atom stereocenters. The molecule has 1 aromatic heterocycles. The van der Waals surface area contributed by atoms with Crippen molar-refractivity contribution in [2.45, 2.75) is 51.2 Å². The summed E-state index contributed by atoms with van der Waals surface area (Å²) in [7, 11) is 0. The van der Waals surface area contributed by atoms with Crippen LogP contribution in [0.1, 0.15) is 45.1 Å². The molecule has 2 fully saturated rings. The molecular weight excluding hydrogens is 316 g/mol. The van der Waals surface area contributed by atoms with Crippen molar-refractivity contribution in [1.29, 1.82) is 5.26 Å². The lowest BCUT2D eigenvalue weighted by Gasteiger charge is -2.39. The second-order valence-corrected chi connectivity index (χ2v) is 7.46. The lowest BCUT2D eigenvalue weighted by molar-refractivity contribution is -0.129. The number of hydrogen-bond donors (Lipinski definition) is 1. The van der Waals surface area contributed by atoms with Crippen LogP contribution < -0.4 is 10.2 Å². The number of nitrogens with zero attached hydrogens (tertiary/aromatic N) is 3. The van der Waals surface area contributed by atoms with Crippen molar-refractivity contribution >= 4 is 11.7 Å². The van der Waals surface area contributed by atoms with Gasteiger partial charge in [-0.15, -0.1) is 0 Å². The number of hydrogen-bond acceptors (Lipinski definition) is 5. The molecular formula is C19H26N4O2. The van der Waals surface area contributed by atoms with Crippen molar-refractivity contribution < 1.29 is 9.53 Å². The van der Waals surface area contributed by atoms with Crippen molar-refractivity contribution in [3.8, 4) is 6.07 Å². The maximum atomic E-state index is 12.7. The molecule has 6 nitrogen and oxygen atoms in total. The fourth-order valence-electron chi connectivity index (χ4n) is 3.80. The number of aromatic nitrogens is 1. The third kappa shape index (κ3) is 4.29. The molecule has 2 saturated heterocycles. The third-order valence-corrected chi connectivity index (χ3v) is 5.29. The van der Waals surface area contributed by atoms with Crippen molar-refractivity contribution in [3.63, 3.8) is 0 Å². The normalized spacial score (nSPS) is 27.6. The quantitative estimate of drug-likeness (QED) is 0.911. The fourth-order valence-corrected chi connectivity index (χ4v) is 3.80. The van der Waals surface area contributed by atoms with Crippen molar-refractivity contribution in [1.82, 2.24) is 10.3 Å². The summed E-state index contributed by atoms with van der Waals surface area (Å²) in [6, 6.07) is 5.75. The molecule has 25 heavy (non-hydrogen) atoms. The lowest BCUT2D eigenvalue weighted by Crippen LogP contribution is -2.54. The van der Waals surface area contributed by atoms with Gasteiger partial charge in [0.05, 0.1) is 11.7 Å². The Balaban J connectivity index is 1.53. The Morgan fingerprint density at radius 1 is 1.44 bits per heavy atom. The first kappa shape index (κ1) is 17.7. The van der Waals surface area contributed by atoms with E-state index in [2.05, 4.69) is 35.1 Å². The highest BCUT2D eigenvalue weighted by atomic mass is 16.5. The van der Waals surface area contributed by atoms with Crippen LogP contribution in [0, 0.1) is 17.2 Å². The molecule has 0 bridgehead atoms. The second-order valence-electron chi connectivity index (χ2n) is 7.46. The summed E-state index contributed by atoms with van der Waals surface area (Å²) in [6.07, 6.45) is 5.19. The molecule has 1 amide bonds. The highest BCUT2D eigenvalue weighted by Gasteiger charge is 2.35. The molecule has 0 aliphatic carbocycles. The molecule has 2 aliphatic rings. The molecule has 3 heterocycles. The number of amides is 1. The summed E-state index contributed by atoms with van der Waals surface area (Å²) >= 11 is 0. The average Bonchev–Trinajstić information content (AvgIpc) is 2.61. The fraction of sp³-hybridized carbons (Fsp3) is 0.632. The Hall–Kier alpha value is -2.13. The van der Waals surface area contributed by atoms with Gasteiger partial charge in [-0.05, 0) is 51.7 Å². The Bertz CT molecular complexity index is 646. The van der Waals surface area contributed by atoms with Crippen molar-refractivity contribution in [2.24, 2.45) is 5.92 Å². The summed E-state index contributed by atoms with van der Waals surface area (Å²) in [5.41, 5.74) is 0.414. The van der Waals surface area contributed by atoms with Gasteiger partial charge < -0.3 is 15.0 Å². The molecule has 6 heteroatoms. The van der Waals surface area contributed by atoms with Crippen LogP contribution in [0.2, 0.25) is 0 Å². The summed E-state index contributed by atoms with van der Waals surface area (Å²) in [5.74, 6) is 1.11. The number of rotatable bonds is 3. The van der Waals surface area contributed by atoms with Gasteiger partial charge in [-0.25, -0.2) is 4.98 Å². The third-order valence-electron chi connectivity index (χ3n) is 5.29. The number of piperidine rings is 1. The van der Waals surface area contributed by atoms with E-state index in [1.807, 2.05) is 6.07 Å². The molecule has 134 valence electrons. The van der Waals surface area contributed by atoms with Crippen LogP contribution >= 0.6 is 0 Å². The minimum atomic E-state index is -0.152. The molecule has 0 saturated carbocycles.